The van der Waals surface area contributed by atoms with E-state index in [1.807, 2.05) is 0 Å². The van der Waals surface area contributed by atoms with Crippen LogP contribution in [-0.4, -0.2) is 13.1 Å². The van der Waals surface area contributed by atoms with Gasteiger partial charge in [0, 0.05) is 13.1 Å². The molecule has 1 aromatic carbocycles. The molecule has 1 rings (SSSR count). The van der Waals surface area contributed by atoms with E-state index in [4.69, 9.17) is 5.73 Å². The lowest BCUT2D eigenvalue weighted by molar-refractivity contribution is 0.616. The second-order valence-corrected chi connectivity index (χ2v) is 4.26. The predicted molar refractivity (Wildman–Crippen MR) is 68.4 cm³/mol. The Balaban J connectivity index is 2.90. The van der Waals surface area contributed by atoms with E-state index in [1.165, 1.54) is 12.8 Å². The van der Waals surface area contributed by atoms with Gasteiger partial charge in [0.05, 0.1) is 11.4 Å². The molecule has 0 aliphatic heterocycles. The standard InChI is InChI=1S/C13H22N2/c1-5-7-11(3)15(4)12-9-6-8-10(2)13(12)14/h6,8-9,11H,5,7,14H2,1-4H3. The van der Waals surface area contributed by atoms with Gasteiger partial charge < -0.3 is 10.6 Å². The Hall–Kier alpha value is -1.18. The van der Waals surface area contributed by atoms with Gasteiger partial charge in [0.25, 0.3) is 0 Å². The molecule has 0 saturated carbocycles. The summed E-state index contributed by atoms with van der Waals surface area (Å²) in [6.45, 7) is 6.51. The summed E-state index contributed by atoms with van der Waals surface area (Å²) >= 11 is 0. The topological polar surface area (TPSA) is 29.3 Å². The van der Waals surface area contributed by atoms with Gasteiger partial charge in [0.15, 0.2) is 0 Å². The van der Waals surface area contributed by atoms with E-state index in [0.29, 0.717) is 6.04 Å². The molecule has 0 aliphatic carbocycles. The smallest absolute Gasteiger partial charge is 0.0602 e. The molecule has 1 atom stereocenters. The Morgan fingerprint density at radius 3 is 2.67 bits per heavy atom. The van der Waals surface area contributed by atoms with E-state index in [2.05, 4.69) is 50.9 Å². The lowest BCUT2D eigenvalue weighted by atomic mass is 10.1. The fourth-order valence-electron chi connectivity index (χ4n) is 1.82. The highest BCUT2D eigenvalue weighted by atomic mass is 15.1. The number of nitrogen functional groups attached to an aromatic ring is 1. The number of aryl methyl sites for hydroxylation is 1. The van der Waals surface area contributed by atoms with Crippen molar-refractivity contribution < 1.29 is 0 Å². The van der Waals surface area contributed by atoms with Crippen LogP contribution >= 0.6 is 0 Å². The molecule has 0 heterocycles. The van der Waals surface area contributed by atoms with Crippen molar-refractivity contribution in [3.63, 3.8) is 0 Å². The van der Waals surface area contributed by atoms with Crippen LogP contribution in [0.1, 0.15) is 32.3 Å². The van der Waals surface area contributed by atoms with E-state index >= 15 is 0 Å². The number of hydrogen-bond acceptors (Lipinski definition) is 2. The Kier molecular flexibility index (Phi) is 4.01. The Morgan fingerprint density at radius 1 is 1.40 bits per heavy atom. The molecule has 1 unspecified atom stereocenters. The van der Waals surface area contributed by atoms with Crippen molar-refractivity contribution in [1.82, 2.24) is 0 Å². The van der Waals surface area contributed by atoms with Gasteiger partial charge in [-0.15, -0.1) is 0 Å². The molecule has 0 aliphatic rings. The molecule has 0 spiro atoms. The average Bonchev–Trinajstić information content (AvgIpc) is 2.21. The van der Waals surface area contributed by atoms with Crippen LogP contribution in [0.25, 0.3) is 0 Å². The third-order valence-corrected chi connectivity index (χ3v) is 3.05. The summed E-state index contributed by atoms with van der Waals surface area (Å²) in [4.78, 5) is 2.27. The fourth-order valence-corrected chi connectivity index (χ4v) is 1.82. The van der Waals surface area contributed by atoms with Crippen LogP contribution in [0.5, 0.6) is 0 Å². The highest BCUT2D eigenvalue weighted by Gasteiger charge is 2.12. The Labute approximate surface area is 93.1 Å². The van der Waals surface area contributed by atoms with Gasteiger partial charge in [-0.1, -0.05) is 25.5 Å². The second-order valence-electron chi connectivity index (χ2n) is 4.26. The number of rotatable bonds is 4. The van der Waals surface area contributed by atoms with E-state index in [9.17, 15) is 0 Å². The highest BCUT2D eigenvalue weighted by molar-refractivity contribution is 5.70. The SMILES string of the molecule is CCCC(C)N(C)c1cccc(C)c1N. The van der Waals surface area contributed by atoms with Crippen molar-refractivity contribution in [2.75, 3.05) is 17.7 Å². The minimum atomic E-state index is 0.541. The number of nitrogens with zero attached hydrogens (tertiary/aromatic N) is 1. The second kappa shape index (κ2) is 5.06. The predicted octanol–water partition coefficient (Wildman–Crippen LogP) is 3.20. The maximum absolute atomic E-state index is 6.08. The van der Waals surface area contributed by atoms with Crippen LogP contribution < -0.4 is 10.6 Å². The molecule has 0 amide bonds. The molecule has 2 heteroatoms. The summed E-state index contributed by atoms with van der Waals surface area (Å²) < 4.78 is 0. The van der Waals surface area contributed by atoms with Gasteiger partial charge in [-0.05, 0) is 31.9 Å². The minimum Gasteiger partial charge on any atom is -0.397 e. The van der Waals surface area contributed by atoms with Gasteiger partial charge in [0.2, 0.25) is 0 Å². The third-order valence-electron chi connectivity index (χ3n) is 3.05. The molecule has 1 aromatic rings. The molecule has 0 bridgehead atoms. The third kappa shape index (κ3) is 2.65. The molecule has 15 heavy (non-hydrogen) atoms. The quantitative estimate of drug-likeness (QED) is 0.766. The maximum atomic E-state index is 6.08. The lowest BCUT2D eigenvalue weighted by Gasteiger charge is -2.28. The van der Waals surface area contributed by atoms with Gasteiger partial charge in [0.1, 0.15) is 0 Å². The van der Waals surface area contributed by atoms with Crippen molar-refractivity contribution in [3.8, 4) is 0 Å². The molecule has 2 N–H and O–H groups in total. The summed E-state index contributed by atoms with van der Waals surface area (Å²) in [6.07, 6.45) is 2.40. The molecule has 0 aromatic heterocycles. The van der Waals surface area contributed by atoms with Crippen molar-refractivity contribution in [2.24, 2.45) is 0 Å². The molecule has 2 nitrogen and oxygen atoms in total. The van der Waals surface area contributed by atoms with E-state index in [1.54, 1.807) is 0 Å². The van der Waals surface area contributed by atoms with Gasteiger partial charge in [-0.25, -0.2) is 0 Å². The van der Waals surface area contributed by atoms with Crippen LogP contribution in [0.2, 0.25) is 0 Å². The van der Waals surface area contributed by atoms with Crippen LogP contribution in [0.15, 0.2) is 18.2 Å². The molecular weight excluding hydrogens is 184 g/mol. The summed E-state index contributed by atoms with van der Waals surface area (Å²) in [7, 11) is 2.12. The van der Waals surface area contributed by atoms with Gasteiger partial charge >= 0.3 is 0 Å². The highest BCUT2D eigenvalue weighted by Crippen LogP contribution is 2.27. The van der Waals surface area contributed by atoms with Gasteiger partial charge in [-0.2, -0.15) is 0 Å². The summed E-state index contributed by atoms with van der Waals surface area (Å²) in [5.74, 6) is 0. The van der Waals surface area contributed by atoms with Crippen molar-refractivity contribution in [2.45, 2.75) is 39.7 Å². The molecule has 84 valence electrons. The van der Waals surface area contributed by atoms with Crippen molar-refractivity contribution >= 4 is 11.4 Å². The number of benzene rings is 1. The van der Waals surface area contributed by atoms with E-state index in [-0.39, 0.29) is 0 Å². The van der Waals surface area contributed by atoms with E-state index in [0.717, 1.165) is 16.9 Å². The van der Waals surface area contributed by atoms with Crippen LogP contribution in [0.4, 0.5) is 11.4 Å². The summed E-state index contributed by atoms with van der Waals surface area (Å²) in [6, 6.07) is 6.75. The monoisotopic (exact) mass is 206 g/mol. The normalized spacial score (nSPS) is 12.5. The first-order valence-corrected chi connectivity index (χ1v) is 5.65. The fraction of sp³-hybridized carbons (Fsp3) is 0.538. The number of para-hydroxylation sites is 1. The van der Waals surface area contributed by atoms with Crippen molar-refractivity contribution in [3.05, 3.63) is 23.8 Å². The average molecular weight is 206 g/mol. The first-order chi connectivity index (χ1) is 7.07. The zero-order valence-corrected chi connectivity index (χ0v) is 10.2. The first kappa shape index (κ1) is 11.9. The first-order valence-electron chi connectivity index (χ1n) is 5.65. The van der Waals surface area contributed by atoms with Crippen LogP contribution in [0, 0.1) is 6.92 Å². The van der Waals surface area contributed by atoms with Gasteiger partial charge in [-0.3, -0.25) is 0 Å². The van der Waals surface area contributed by atoms with E-state index < -0.39 is 0 Å². The maximum Gasteiger partial charge on any atom is 0.0602 e. The Bertz CT molecular complexity index is 320. The minimum absolute atomic E-state index is 0.541. The number of hydrogen-bond donors (Lipinski definition) is 1. The largest absolute Gasteiger partial charge is 0.397 e. The molecule has 0 radical (unpaired) electrons. The lowest BCUT2D eigenvalue weighted by Crippen LogP contribution is -2.29. The zero-order chi connectivity index (χ0) is 11.4. The molecule has 0 fully saturated rings. The zero-order valence-electron chi connectivity index (χ0n) is 10.2. The molecular formula is C13H22N2. The van der Waals surface area contributed by atoms with Crippen molar-refractivity contribution in [1.29, 1.82) is 0 Å². The summed E-state index contributed by atoms with van der Waals surface area (Å²) in [5, 5.41) is 0. The Morgan fingerprint density at radius 2 is 2.07 bits per heavy atom. The molecule has 0 saturated heterocycles. The number of anilines is 2. The van der Waals surface area contributed by atoms with Crippen LogP contribution in [0.3, 0.4) is 0 Å². The summed E-state index contributed by atoms with van der Waals surface area (Å²) in [5.41, 5.74) is 9.29. The van der Waals surface area contributed by atoms with Crippen LogP contribution in [-0.2, 0) is 0 Å². The number of nitrogens with two attached hydrogens (primary N) is 1.